The van der Waals surface area contributed by atoms with Gasteiger partial charge in [-0.1, -0.05) is 86.8 Å². The summed E-state index contributed by atoms with van der Waals surface area (Å²) in [6, 6.07) is 18.6. The number of nitrogens with one attached hydrogen (secondary N) is 2. The van der Waals surface area contributed by atoms with E-state index in [0.29, 0.717) is 24.3 Å². The van der Waals surface area contributed by atoms with E-state index in [2.05, 4.69) is 20.8 Å². The van der Waals surface area contributed by atoms with E-state index in [1.54, 1.807) is 26.3 Å². The second-order valence-electron chi connectivity index (χ2n) is 13.9. The number of oxime groups is 1. The molecule has 0 spiro atoms. The van der Waals surface area contributed by atoms with Crippen molar-refractivity contribution in [3.05, 3.63) is 95.3 Å². The number of hydrogen-bond acceptors (Lipinski definition) is 9. The topological polar surface area (TPSA) is 174 Å². The van der Waals surface area contributed by atoms with E-state index >= 15 is 0 Å². The predicted octanol–water partition coefficient (Wildman–Crippen LogP) is 4.56. The fourth-order valence-electron chi connectivity index (χ4n) is 6.56. The maximum absolute atomic E-state index is 14.1. The lowest BCUT2D eigenvalue weighted by Gasteiger charge is -2.33. The van der Waals surface area contributed by atoms with Crippen molar-refractivity contribution in [1.29, 1.82) is 0 Å². The van der Waals surface area contributed by atoms with Gasteiger partial charge in [-0.15, -0.1) is 0 Å². The normalized spacial score (nSPS) is 16.0. The highest BCUT2D eigenvalue weighted by atomic mass is 32.2. The van der Waals surface area contributed by atoms with Gasteiger partial charge >= 0.3 is 6.03 Å². The lowest BCUT2D eigenvalue weighted by atomic mass is 9.96. The second kappa shape index (κ2) is 20.2. The van der Waals surface area contributed by atoms with Gasteiger partial charge in [0.1, 0.15) is 6.04 Å². The standard InChI is InChI=1S/C39H54N6O7S/c1-5-28(2)37(43-39(48)44(3)25-32-16-11-17-33(41-32)27-52-4)38(47)42-35(22-29-12-7-6-8-13-29)36(46)26-45(24-31-14-9-10-15-31)53(50,51)34-20-18-30(19-21-34)23-40-49/h6-8,11-13,16-21,23,28,31,35-37,46,49H,5,9-10,14-15,22,24-27H2,1-4H3,(H,42,47)(H,43,48)/b40-23+/t28-,35-,36+,37-/m0/s1. The molecule has 4 atom stereocenters. The van der Waals surface area contributed by atoms with Gasteiger partial charge < -0.3 is 30.6 Å². The Labute approximate surface area is 313 Å². The molecular formula is C39H54N6O7S. The zero-order valence-corrected chi connectivity index (χ0v) is 31.9. The number of aliphatic hydroxyl groups excluding tert-OH is 1. The average molecular weight is 751 g/mol. The number of sulfonamides is 1. The number of aliphatic hydroxyl groups is 1. The Kier molecular flexibility index (Phi) is 15.8. The first kappa shape index (κ1) is 41.4. The number of nitrogens with zero attached hydrogens (tertiary/aromatic N) is 4. The Morgan fingerprint density at radius 2 is 1.70 bits per heavy atom. The number of ether oxygens (including phenoxy) is 1. The lowest BCUT2D eigenvalue weighted by molar-refractivity contribution is -0.125. The molecule has 288 valence electrons. The Bertz CT molecular complexity index is 1740. The molecule has 14 heteroatoms. The van der Waals surface area contributed by atoms with Crippen molar-refractivity contribution in [3.8, 4) is 0 Å². The summed E-state index contributed by atoms with van der Waals surface area (Å²) in [7, 11) is -0.850. The van der Waals surface area contributed by atoms with E-state index < -0.39 is 40.1 Å². The van der Waals surface area contributed by atoms with Crippen LogP contribution in [0.3, 0.4) is 0 Å². The van der Waals surface area contributed by atoms with Gasteiger partial charge in [-0.2, -0.15) is 4.31 Å². The minimum atomic E-state index is -4.06. The molecule has 1 aliphatic carbocycles. The molecule has 4 rings (SSSR count). The molecule has 3 aromatic rings. The van der Waals surface area contributed by atoms with E-state index in [-0.39, 0.29) is 42.8 Å². The molecule has 1 aromatic heterocycles. The molecule has 0 radical (unpaired) electrons. The number of urea groups is 1. The SMILES string of the molecule is CC[C@H](C)[C@H](NC(=O)N(C)Cc1cccc(COC)n1)C(=O)N[C@@H](Cc1ccccc1)[C@H](O)CN(CC1CCCC1)S(=O)(=O)c1ccc(/C=N/O)cc1. The maximum atomic E-state index is 14.1. The zero-order valence-electron chi connectivity index (χ0n) is 31.1. The van der Waals surface area contributed by atoms with E-state index in [4.69, 9.17) is 9.94 Å². The molecule has 1 fully saturated rings. The van der Waals surface area contributed by atoms with Crippen molar-refractivity contribution in [2.45, 2.75) is 88.6 Å². The fourth-order valence-corrected chi connectivity index (χ4v) is 8.09. The van der Waals surface area contributed by atoms with Crippen LogP contribution in [0.2, 0.25) is 0 Å². The molecule has 2 aromatic carbocycles. The maximum Gasteiger partial charge on any atom is 0.318 e. The molecule has 0 aliphatic heterocycles. The number of pyridine rings is 1. The van der Waals surface area contributed by atoms with E-state index in [9.17, 15) is 23.1 Å². The monoisotopic (exact) mass is 750 g/mol. The number of hydrogen-bond donors (Lipinski definition) is 4. The van der Waals surface area contributed by atoms with Crippen LogP contribution in [0.25, 0.3) is 0 Å². The Balaban J connectivity index is 1.56. The molecule has 1 saturated carbocycles. The van der Waals surface area contributed by atoms with Crippen molar-refractivity contribution in [3.63, 3.8) is 0 Å². The predicted molar refractivity (Wildman–Crippen MR) is 203 cm³/mol. The Hall–Kier alpha value is -4.37. The van der Waals surface area contributed by atoms with Crippen LogP contribution < -0.4 is 10.6 Å². The first-order valence-electron chi connectivity index (χ1n) is 18.2. The molecular weight excluding hydrogens is 697 g/mol. The number of aromatic nitrogens is 1. The van der Waals surface area contributed by atoms with Crippen LogP contribution in [0.15, 0.2) is 82.8 Å². The first-order chi connectivity index (χ1) is 25.4. The number of carbonyl (C=O) groups is 2. The zero-order chi connectivity index (χ0) is 38.4. The largest absolute Gasteiger partial charge is 0.411 e. The van der Waals surface area contributed by atoms with Crippen molar-refractivity contribution in [2.24, 2.45) is 17.0 Å². The summed E-state index contributed by atoms with van der Waals surface area (Å²) < 4.78 is 34.7. The summed E-state index contributed by atoms with van der Waals surface area (Å²) in [5.41, 5.74) is 2.77. The van der Waals surface area contributed by atoms with Gasteiger partial charge in [0.05, 0.1) is 47.8 Å². The van der Waals surface area contributed by atoms with Crippen molar-refractivity contribution in [1.82, 2.24) is 24.8 Å². The highest BCUT2D eigenvalue weighted by molar-refractivity contribution is 7.89. The number of methoxy groups -OCH3 is 1. The third-order valence-electron chi connectivity index (χ3n) is 9.82. The quantitative estimate of drug-likeness (QED) is 0.0784. The number of amides is 3. The molecule has 13 nitrogen and oxygen atoms in total. The van der Waals surface area contributed by atoms with Crippen LogP contribution >= 0.6 is 0 Å². The van der Waals surface area contributed by atoms with Crippen LogP contribution in [-0.4, -0.2) is 96.5 Å². The second-order valence-corrected chi connectivity index (χ2v) is 15.8. The molecule has 53 heavy (non-hydrogen) atoms. The summed E-state index contributed by atoms with van der Waals surface area (Å²) in [6.45, 7) is 4.32. The lowest BCUT2D eigenvalue weighted by Crippen LogP contribution is -2.58. The number of rotatable bonds is 19. The molecule has 0 unspecified atom stereocenters. The summed E-state index contributed by atoms with van der Waals surface area (Å²) >= 11 is 0. The third kappa shape index (κ3) is 12.1. The van der Waals surface area contributed by atoms with Crippen LogP contribution in [0.1, 0.15) is 68.5 Å². The van der Waals surface area contributed by atoms with E-state index in [0.717, 1.165) is 36.9 Å². The minimum absolute atomic E-state index is 0.0470. The van der Waals surface area contributed by atoms with Gasteiger partial charge in [-0.25, -0.2) is 13.2 Å². The third-order valence-corrected chi connectivity index (χ3v) is 11.7. The molecule has 0 bridgehead atoms. The van der Waals surface area contributed by atoms with Gasteiger partial charge in [-0.05, 0) is 66.5 Å². The summed E-state index contributed by atoms with van der Waals surface area (Å²) in [6.07, 6.45) is 4.53. The molecule has 3 amide bonds. The first-order valence-corrected chi connectivity index (χ1v) is 19.6. The average Bonchev–Trinajstić information content (AvgIpc) is 3.67. The molecule has 0 saturated heterocycles. The Morgan fingerprint density at radius 1 is 1.02 bits per heavy atom. The minimum Gasteiger partial charge on any atom is -0.411 e. The van der Waals surface area contributed by atoms with Gasteiger partial charge in [0, 0.05) is 27.2 Å². The molecule has 1 aliphatic rings. The van der Waals surface area contributed by atoms with Crippen LogP contribution in [-0.2, 0) is 39.1 Å². The molecule has 1 heterocycles. The van der Waals surface area contributed by atoms with Crippen molar-refractivity contribution < 1.29 is 33.1 Å². The number of benzene rings is 2. The Morgan fingerprint density at radius 3 is 2.34 bits per heavy atom. The van der Waals surface area contributed by atoms with Crippen LogP contribution in [0, 0.1) is 11.8 Å². The van der Waals surface area contributed by atoms with Crippen molar-refractivity contribution in [2.75, 3.05) is 27.2 Å². The summed E-state index contributed by atoms with van der Waals surface area (Å²) in [5, 5.41) is 29.7. The summed E-state index contributed by atoms with van der Waals surface area (Å²) in [4.78, 5) is 33.6. The van der Waals surface area contributed by atoms with Gasteiger partial charge in [0.2, 0.25) is 15.9 Å². The van der Waals surface area contributed by atoms with Crippen LogP contribution in [0.5, 0.6) is 0 Å². The summed E-state index contributed by atoms with van der Waals surface area (Å²) in [5.74, 6) is -0.602. The fraction of sp³-hybridized carbons (Fsp3) is 0.487. The van der Waals surface area contributed by atoms with E-state index in [1.807, 2.05) is 62.4 Å². The van der Waals surface area contributed by atoms with Crippen LogP contribution in [0.4, 0.5) is 4.79 Å². The van der Waals surface area contributed by atoms with Gasteiger partial charge in [-0.3, -0.25) is 9.78 Å². The number of carbonyl (C=O) groups excluding carboxylic acids is 2. The highest BCUT2D eigenvalue weighted by Gasteiger charge is 2.35. The van der Waals surface area contributed by atoms with Gasteiger partial charge in [0.15, 0.2) is 0 Å². The molecule has 4 N–H and O–H groups in total. The van der Waals surface area contributed by atoms with Crippen molar-refractivity contribution >= 4 is 28.2 Å². The highest BCUT2D eigenvalue weighted by Crippen LogP contribution is 2.28. The smallest absolute Gasteiger partial charge is 0.318 e. The van der Waals surface area contributed by atoms with E-state index in [1.165, 1.54) is 27.6 Å². The van der Waals surface area contributed by atoms with Gasteiger partial charge in [0.25, 0.3) is 0 Å².